The van der Waals surface area contributed by atoms with Crippen molar-refractivity contribution in [1.82, 2.24) is 19.5 Å². The molecule has 0 unspecified atom stereocenters. The fourth-order valence-electron chi connectivity index (χ4n) is 9.14. The van der Waals surface area contributed by atoms with Crippen LogP contribution in [0.5, 0.6) is 0 Å². The fourth-order valence-corrected chi connectivity index (χ4v) is 9.14. The molecule has 61 heavy (non-hydrogen) atoms. The van der Waals surface area contributed by atoms with Crippen molar-refractivity contribution < 1.29 is 0 Å². The van der Waals surface area contributed by atoms with Crippen LogP contribution in [0.15, 0.2) is 218 Å². The van der Waals surface area contributed by atoms with Crippen LogP contribution in [-0.4, -0.2) is 19.5 Å². The molecule has 2 heterocycles. The van der Waals surface area contributed by atoms with Crippen molar-refractivity contribution in [2.75, 3.05) is 0 Å². The van der Waals surface area contributed by atoms with Crippen LogP contribution in [0, 0.1) is 0 Å². The highest BCUT2D eigenvalue weighted by Crippen LogP contribution is 2.46. The lowest BCUT2D eigenvalue weighted by molar-refractivity contribution is 1.08. The summed E-state index contributed by atoms with van der Waals surface area (Å²) in [5, 5.41) is 9.50. The number of benzene rings is 10. The van der Waals surface area contributed by atoms with Crippen LogP contribution in [0.3, 0.4) is 0 Å². The molecule has 0 aliphatic carbocycles. The van der Waals surface area contributed by atoms with Crippen LogP contribution in [0.25, 0.3) is 116 Å². The second-order valence-corrected chi connectivity index (χ2v) is 15.6. The Morgan fingerprint density at radius 2 is 0.836 bits per heavy atom. The van der Waals surface area contributed by atoms with Crippen LogP contribution in [0.2, 0.25) is 0 Å². The molecule has 0 saturated heterocycles. The number of aromatic nitrogens is 4. The van der Waals surface area contributed by atoms with Gasteiger partial charge in [0.05, 0.1) is 16.7 Å². The Labute approximate surface area is 352 Å². The summed E-state index contributed by atoms with van der Waals surface area (Å²) < 4.78 is 2.49. The molecule has 0 spiro atoms. The predicted octanol–water partition coefficient (Wildman–Crippen LogP) is 14.8. The summed E-state index contributed by atoms with van der Waals surface area (Å²) in [4.78, 5) is 15.8. The molecule has 0 amide bonds. The molecule has 0 fully saturated rings. The van der Waals surface area contributed by atoms with Gasteiger partial charge in [0.2, 0.25) is 0 Å². The lowest BCUT2D eigenvalue weighted by Gasteiger charge is -2.20. The minimum atomic E-state index is 0.618. The maximum Gasteiger partial charge on any atom is 0.165 e. The molecule has 0 bridgehead atoms. The van der Waals surface area contributed by atoms with Gasteiger partial charge in [0.15, 0.2) is 17.5 Å². The maximum atomic E-state index is 5.37. The summed E-state index contributed by atoms with van der Waals surface area (Å²) in [6.45, 7) is 0. The largest absolute Gasteiger partial charge is 0.309 e. The number of hydrogen-bond donors (Lipinski definition) is 0. The van der Waals surface area contributed by atoms with E-state index in [1.54, 1.807) is 0 Å². The van der Waals surface area contributed by atoms with Gasteiger partial charge in [0, 0.05) is 32.8 Å². The van der Waals surface area contributed by atoms with Crippen LogP contribution < -0.4 is 0 Å². The average molecular weight is 777 g/mol. The average Bonchev–Trinajstić information content (AvgIpc) is 3.66. The Kier molecular flexibility index (Phi) is 8.13. The summed E-state index contributed by atoms with van der Waals surface area (Å²) >= 11 is 0. The van der Waals surface area contributed by atoms with E-state index in [1.165, 1.54) is 32.3 Å². The Hall–Kier alpha value is -8.21. The summed E-state index contributed by atoms with van der Waals surface area (Å²) in [5.74, 6) is 1.87. The molecular formula is C57H36N4. The molecular weight excluding hydrogens is 741 g/mol. The first-order valence-electron chi connectivity index (χ1n) is 20.7. The van der Waals surface area contributed by atoms with Crippen LogP contribution in [0.4, 0.5) is 0 Å². The highest BCUT2D eigenvalue weighted by atomic mass is 15.0. The summed E-state index contributed by atoms with van der Waals surface area (Å²) in [7, 11) is 0. The van der Waals surface area contributed by atoms with E-state index >= 15 is 0 Å². The molecule has 12 aromatic rings. The molecule has 0 radical (unpaired) electrons. The van der Waals surface area contributed by atoms with E-state index in [2.05, 4.69) is 187 Å². The van der Waals surface area contributed by atoms with Gasteiger partial charge in [-0.1, -0.05) is 188 Å². The minimum absolute atomic E-state index is 0.618. The summed E-state index contributed by atoms with van der Waals surface area (Å²) in [5.41, 5.74) is 10.6. The van der Waals surface area contributed by atoms with Gasteiger partial charge < -0.3 is 4.57 Å². The van der Waals surface area contributed by atoms with Gasteiger partial charge in [-0.2, -0.15) is 0 Å². The van der Waals surface area contributed by atoms with Gasteiger partial charge in [0.25, 0.3) is 0 Å². The van der Waals surface area contributed by atoms with E-state index in [9.17, 15) is 0 Å². The van der Waals surface area contributed by atoms with Gasteiger partial charge in [-0.25, -0.2) is 15.0 Å². The summed E-state index contributed by atoms with van der Waals surface area (Å²) in [6.07, 6.45) is 0. The zero-order valence-electron chi connectivity index (χ0n) is 33.1. The Bertz CT molecular complexity index is 3560. The van der Waals surface area contributed by atoms with Crippen molar-refractivity contribution in [3.05, 3.63) is 218 Å². The lowest BCUT2D eigenvalue weighted by Crippen LogP contribution is -2.04. The van der Waals surface area contributed by atoms with E-state index in [0.29, 0.717) is 17.5 Å². The highest BCUT2D eigenvalue weighted by Gasteiger charge is 2.24. The Balaban J connectivity index is 1.26. The van der Waals surface area contributed by atoms with E-state index in [4.69, 9.17) is 15.0 Å². The third-order valence-corrected chi connectivity index (χ3v) is 12.0. The van der Waals surface area contributed by atoms with E-state index in [1.807, 2.05) is 36.4 Å². The number of nitrogens with zero attached hydrogens (tertiary/aromatic N) is 4. The van der Waals surface area contributed by atoms with Crippen molar-refractivity contribution in [3.8, 4) is 62.1 Å². The van der Waals surface area contributed by atoms with Crippen LogP contribution in [-0.2, 0) is 0 Å². The molecule has 0 saturated carbocycles. The third-order valence-electron chi connectivity index (χ3n) is 12.0. The quantitative estimate of drug-likeness (QED) is 0.169. The first kappa shape index (κ1) is 34.8. The van der Waals surface area contributed by atoms with Crippen molar-refractivity contribution in [2.45, 2.75) is 0 Å². The Morgan fingerprint density at radius 3 is 1.49 bits per heavy atom. The molecule has 4 nitrogen and oxygen atoms in total. The second-order valence-electron chi connectivity index (χ2n) is 15.6. The minimum Gasteiger partial charge on any atom is -0.309 e. The molecule has 4 heteroatoms. The predicted molar refractivity (Wildman–Crippen MR) is 254 cm³/mol. The van der Waals surface area contributed by atoms with E-state index < -0.39 is 0 Å². The van der Waals surface area contributed by atoms with Gasteiger partial charge >= 0.3 is 0 Å². The maximum absolute atomic E-state index is 5.37. The standard InChI is InChI=1S/C57H36N4/c1-5-17-37(18-6-1)44-29-31-46-48(33-44)54(57-59-55(40-22-9-3-10-23-40)58-56(60-57)41-24-11-4-12-25-41)47(38-19-7-2-8-20-38)36-52(46)61-50-32-30-39-21-15-16-28-45(39)53(50)49-34-42-26-13-14-27-43(42)35-51(49)61/h1-36H. The first-order chi connectivity index (χ1) is 30.2. The zero-order valence-corrected chi connectivity index (χ0v) is 33.1. The second kappa shape index (κ2) is 14.3. The van der Waals surface area contributed by atoms with Crippen LogP contribution >= 0.6 is 0 Å². The SMILES string of the molecule is c1ccc(-c2ccc3c(-n4c5cc6ccccc6cc5c5c6ccccc6ccc54)cc(-c4ccccc4)c(-c4nc(-c5ccccc5)nc(-c5ccccc5)n4)c3c2)cc1. The molecule has 284 valence electrons. The van der Waals surface area contributed by atoms with Crippen molar-refractivity contribution in [3.63, 3.8) is 0 Å². The molecule has 10 aromatic carbocycles. The molecule has 0 aliphatic rings. The van der Waals surface area contributed by atoms with E-state index in [-0.39, 0.29) is 0 Å². The first-order valence-corrected chi connectivity index (χ1v) is 20.7. The van der Waals surface area contributed by atoms with Crippen molar-refractivity contribution in [2.24, 2.45) is 0 Å². The molecule has 0 atom stereocenters. The van der Waals surface area contributed by atoms with Gasteiger partial charge in [-0.15, -0.1) is 0 Å². The van der Waals surface area contributed by atoms with Crippen LogP contribution in [0.1, 0.15) is 0 Å². The fraction of sp³-hybridized carbons (Fsp3) is 0. The molecule has 0 aliphatic heterocycles. The number of fused-ring (bicyclic) bond motifs is 7. The van der Waals surface area contributed by atoms with Crippen molar-refractivity contribution in [1.29, 1.82) is 0 Å². The van der Waals surface area contributed by atoms with Gasteiger partial charge in [0.1, 0.15) is 0 Å². The lowest BCUT2D eigenvalue weighted by atomic mass is 9.90. The highest BCUT2D eigenvalue weighted by molar-refractivity contribution is 6.24. The molecule has 2 aromatic heterocycles. The smallest absolute Gasteiger partial charge is 0.165 e. The summed E-state index contributed by atoms with van der Waals surface area (Å²) in [6, 6.07) is 77.7. The number of hydrogen-bond acceptors (Lipinski definition) is 3. The molecule has 0 N–H and O–H groups in total. The zero-order chi connectivity index (χ0) is 40.3. The van der Waals surface area contributed by atoms with Gasteiger partial charge in [-0.05, 0) is 79.5 Å². The number of rotatable bonds is 6. The normalized spacial score (nSPS) is 11.6. The Morgan fingerprint density at radius 1 is 0.295 bits per heavy atom. The topological polar surface area (TPSA) is 43.6 Å². The third kappa shape index (κ3) is 5.88. The van der Waals surface area contributed by atoms with Gasteiger partial charge in [-0.3, -0.25) is 0 Å². The molecule has 12 rings (SSSR count). The monoisotopic (exact) mass is 776 g/mol. The van der Waals surface area contributed by atoms with Crippen molar-refractivity contribution >= 4 is 54.1 Å². The van der Waals surface area contributed by atoms with E-state index in [0.717, 1.165) is 66.4 Å².